The molecule has 1 fully saturated rings. The number of aryl methyl sites for hydroxylation is 1. The SMILES string of the molecule is CC[C@H](C)[C@@H]([C@@H](CC(=O)N1CCCC1[C@H](OC)[C@@H](C)C(=O)N[C@@H](Cc1ccccc1)C(=O)NS(=O)(=O)CCCn1cc(CN2C(=O)C=CC2=O)nn1)OC)N(C)C(=O)[C@@H](N=C(N(C)C)N(C)C)C(C)C. The first kappa shape index (κ1) is 56.8. The molecule has 2 aliphatic rings. The standard InChI is InChI=1S/C48H75N11O10S/c1-13-32(4)43(56(10)47(65)42(31(2)3)50-48(54(6)7)55(8)9)38(68-11)28-41(62)58-25-17-21-37(58)44(69-12)33(5)45(63)49-36(27-34-19-15-14-16-20-34)46(64)52-70(66,67)26-18-24-57-29-35(51-53-57)30-59-39(60)22-23-40(59)61/h14-16,19-20,22-23,29,31-33,36-38,42-44H,13,17-18,21,24-28,30H2,1-12H3,(H,49,63)(H,52,64)/t32-,33+,36-,37?,38+,42-,43-,44+/m0/s1. The molecule has 2 N–H and O–H groups in total. The maximum atomic E-state index is 14.4. The Hall–Kier alpha value is -5.74. The number of hydrogen-bond acceptors (Lipinski definition) is 13. The lowest BCUT2D eigenvalue weighted by atomic mass is 9.89. The molecule has 6 amide bonds. The minimum atomic E-state index is -4.21. The summed E-state index contributed by atoms with van der Waals surface area (Å²) in [6.07, 6.45) is 4.23. The molecule has 8 atom stereocenters. The summed E-state index contributed by atoms with van der Waals surface area (Å²) < 4.78 is 42.1. The quantitative estimate of drug-likeness (QED) is 0.0819. The van der Waals surface area contributed by atoms with Gasteiger partial charge in [0, 0.05) is 81.1 Å². The van der Waals surface area contributed by atoms with Crippen LogP contribution < -0.4 is 10.0 Å². The molecular formula is C48H75N11O10S. The van der Waals surface area contributed by atoms with Crippen molar-refractivity contribution in [3.8, 4) is 0 Å². The van der Waals surface area contributed by atoms with Gasteiger partial charge in [0.05, 0.1) is 55.1 Å². The van der Waals surface area contributed by atoms with E-state index < -0.39 is 81.7 Å². The molecule has 70 heavy (non-hydrogen) atoms. The summed E-state index contributed by atoms with van der Waals surface area (Å²) in [4.78, 5) is 93.6. The van der Waals surface area contributed by atoms with Crippen LogP contribution in [0.25, 0.3) is 0 Å². The van der Waals surface area contributed by atoms with Crippen LogP contribution in [0.15, 0.2) is 53.7 Å². The number of nitrogens with one attached hydrogen (secondary N) is 2. The molecule has 4 rings (SSSR count). The van der Waals surface area contributed by atoms with Gasteiger partial charge < -0.3 is 34.4 Å². The Bertz CT molecular complexity index is 2260. The van der Waals surface area contributed by atoms with Crippen LogP contribution in [-0.2, 0) is 67.8 Å². The van der Waals surface area contributed by atoms with Crippen molar-refractivity contribution >= 4 is 51.4 Å². The highest BCUT2D eigenvalue weighted by molar-refractivity contribution is 7.90. The number of imide groups is 1. The fourth-order valence-electron chi connectivity index (χ4n) is 9.08. The number of likely N-dealkylation sites (N-methyl/N-ethyl adjacent to an activating group) is 1. The van der Waals surface area contributed by atoms with Gasteiger partial charge in [-0.15, -0.1) is 5.10 Å². The molecule has 388 valence electrons. The van der Waals surface area contributed by atoms with E-state index in [1.165, 1.54) is 18.0 Å². The van der Waals surface area contributed by atoms with Gasteiger partial charge in [0.1, 0.15) is 17.8 Å². The molecule has 0 spiro atoms. The lowest BCUT2D eigenvalue weighted by Crippen LogP contribution is -2.56. The summed E-state index contributed by atoms with van der Waals surface area (Å²) in [6.45, 7) is 10.1. The van der Waals surface area contributed by atoms with Crippen molar-refractivity contribution in [3.63, 3.8) is 0 Å². The van der Waals surface area contributed by atoms with Crippen molar-refractivity contribution in [2.45, 2.75) is 123 Å². The third kappa shape index (κ3) is 15.1. The van der Waals surface area contributed by atoms with E-state index >= 15 is 0 Å². The lowest BCUT2D eigenvalue weighted by Gasteiger charge is -2.40. The van der Waals surface area contributed by atoms with Gasteiger partial charge in [-0.05, 0) is 36.7 Å². The highest BCUT2D eigenvalue weighted by atomic mass is 32.2. The minimum Gasteiger partial charge on any atom is -0.379 e. The van der Waals surface area contributed by atoms with Crippen molar-refractivity contribution < 1.29 is 46.7 Å². The Morgan fingerprint density at radius 3 is 2.14 bits per heavy atom. The van der Waals surface area contributed by atoms with E-state index in [9.17, 15) is 37.2 Å². The third-order valence-electron chi connectivity index (χ3n) is 13.0. The number of guanidine groups is 1. The van der Waals surface area contributed by atoms with E-state index in [0.29, 0.717) is 43.0 Å². The Morgan fingerprint density at radius 1 is 0.929 bits per heavy atom. The highest BCUT2D eigenvalue weighted by Crippen LogP contribution is 2.30. The zero-order chi connectivity index (χ0) is 52.0. The highest BCUT2D eigenvalue weighted by Gasteiger charge is 2.43. The molecule has 1 aromatic carbocycles. The topological polar surface area (TPSA) is 238 Å². The molecule has 1 unspecified atom stereocenters. The van der Waals surface area contributed by atoms with Crippen molar-refractivity contribution in [2.24, 2.45) is 22.7 Å². The summed E-state index contributed by atoms with van der Waals surface area (Å²) in [7, 11) is 8.05. The first-order valence-electron chi connectivity index (χ1n) is 23.9. The van der Waals surface area contributed by atoms with Crippen LogP contribution in [0.2, 0.25) is 0 Å². The van der Waals surface area contributed by atoms with Gasteiger partial charge in [-0.25, -0.2) is 13.4 Å². The van der Waals surface area contributed by atoms with E-state index in [1.54, 1.807) is 61.2 Å². The number of ether oxygens (including phenoxy) is 2. The third-order valence-corrected chi connectivity index (χ3v) is 14.3. The summed E-state index contributed by atoms with van der Waals surface area (Å²) in [5.74, 6) is -3.72. The summed E-state index contributed by atoms with van der Waals surface area (Å²) in [5, 5.41) is 10.7. The number of likely N-dealkylation sites (tertiary alicyclic amines) is 1. The monoisotopic (exact) mass is 998 g/mol. The molecule has 0 radical (unpaired) electrons. The number of hydrogen-bond donors (Lipinski definition) is 2. The second kappa shape index (κ2) is 25.9. The number of methoxy groups -OCH3 is 2. The maximum absolute atomic E-state index is 14.4. The summed E-state index contributed by atoms with van der Waals surface area (Å²) in [5.41, 5.74) is 1.01. The molecule has 2 aromatic rings. The van der Waals surface area contributed by atoms with Crippen molar-refractivity contribution in [1.29, 1.82) is 0 Å². The number of aliphatic imine (C=N–C) groups is 1. The van der Waals surface area contributed by atoms with Gasteiger partial charge in [0.15, 0.2) is 5.96 Å². The van der Waals surface area contributed by atoms with Crippen molar-refractivity contribution in [3.05, 3.63) is 59.9 Å². The molecule has 1 aromatic heterocycles. The number of aromatic nitrogens is 3. The number of rotatable bonds is 25. The average Bonchev–Trinajstić information content (AvgIpc) is 4.06. The number of sulfonamides is 1. The average molecular weight is 998 g/mol. The van der Waals surface area contributed by atoms with Crippen LogP contribution in [0.1, 0.15) is 78.0 Å². The molecule has 2 aliphatic heterocycles. The number of benzene rings is 1. The predicted molar refractivity (Wildman–Crippen MR) is 263 cm³/mol. The molecule has 21 nitrogen and oxygen atoms in total. The number of amides is 6. The Balaban J connectivity index is 1.45. The van der Waals surface area contributed by atoms with Crippen molar-refractivity contribution in [2.75, 3.05) is 61.8 Å². The Kier molecular flexibility index (Phi) is 21.1. The number of carbonyl (C=O) groups excluding carboxylic acids is 6. The van der Waals surface area contributed by atoms with Gasteiger partial charge in [-0.2, -0.15) is 0 Å². The smallest absolute Gasteiger partial charge is 0.256 e. The van der Waals surface area contributed by atoms with Gasteiger partial charge in [-0.3, -0.25) is 43.1 Å². The second-order valence-corrected chi connectivity index (χ2v) is 20.8. The lowest BCUT2D eigenvalue weighted by molar-refractivity contribution is -0.146. The molecular weight excluding hydrogens is 923 g/mol. The van der Waals surface area contributed by atoms with Crippen molar-refractivity contribution in [1.82, 2.24) is 49.5 Å². The fourth-order valence-corrected chi connectivity index (χ4v) is 10.1. The zero-order valence-corrected chi connectivity index (χ0v) is 43.7. The van der Waals surface area contributed by atoms with Gasteiger partial charge >= 0.3 is 0 Å². The van der Waals surface area contributed by atoms with Gasteiger partial charge in [0.2, 0.25) is 27.7 Å². The normalized spacial score (nSPS) is 17.9. The van der Waals surface area contributed by atoms with Crippen LogP contribution >= 0.6 is 0 Å². The molecule has 0 bridgehead atoms. The molecule has 3 heterocycles. The van der Waals surface area contributed by atoms with Crippen LogP contribution in [0, 0.1) is 17.8 Å². The fraction of sp³-hybridized carbons (Fsp3) is 0.646. The van der Waals surface area contributed by atoms with E-state index in [2.05, 4.69) is 20.4 Å². The van der Waals surface area contributed by atoms with Crippen LogP contribution in [0.4, 0.5) is 0 Å². The van der Waals surface area contributed by atoms with Gasteiger partial charge in [-0.1, -0.05) is 76.6 Å². The second-order valence-electron chi connectivity index (χ2n) is 19.0. The predicted octanol–water partition coefficient (Wildman–Crippen LogP) is 1.69. The maximum Gasteiger partial charge on any atom is 0.256 e. The van der Waals surface area contributed by atoms with E-state index in [1.807, 2.05) is 65.7 Å². The first-order valence-corrected chi connectivity index (χ1v) is 25.5. The number of nitrogens with zero attached hydrogens (tertiary/aromatic N) is 9. The van der Waals surface area contributed by atoms with Crippen LogP contribution in [0.3, 0.4) is 0 Å². The Morgan fingerprint density at radius 2 is 1.57 bits per heavy atom. The molecule has 0 aliphatic carbocycles. The summed E-state index contributed by atoms with van der Waals surface area (Å²) >= 11 is 0. The van der Waals surface area contributed by atoms with Gasteiger partial charge in [0.25, 0.3) is 17.7 Å². The summed E-state index contributed by atoms with van der Waals surface area (Å²) in [6, 6.07) is 5.88. The first-order chi connectivity index (χ1) is 33.0. The minimum absolute atomic E-state index is 0.0188. The molecule has 22 heteroatoms. The zero-order valence-electron chi connectivity index (χ0n) is 42.9. The molecule has 1 saturated heterocycles. The van der Waals surface area contributed by atoms with E-state index in [4.69, 9.17) is 14.5 Å². The van der Waals surface area contributed by atoms with E-state index in [-0.39, 0.29) is 56.0 Å². The largest absolute Gasteiger partial charge is 0.379 e. The van der Waals surface area contributed by atoms with E-state index in [0.717, 1.165) is 17.1 Å². The van der Waals surface area contributed by atoms with Crippen LogP contribution in [-0.4, -0.2) is 187 Å². The van der Waals surface area contributed by atoms with Crippen LogP contribution in [0.5, 0.6) is 0 Å². The Labute approximate surface area is 413 Å². The molecule has 0 saturated carbocycles. The number of carbonyl (C=O) groups is 6.